The van der Waals surface area contributed by atoms with Crippen LogP contribution in [0.3, 0.4) is 0 Å². The molecular weight excluding hydrogens is 360 g/mol. The third kappa shape index (κ3) is 5.03. The zero-order valence-electron chi connectivity index (χ0n) is 16.5. The molecule has 150 valence electrons. The van der Waals surface area contributed by atoms with E-state index in [4.69, 9.17) is 25.1 Å². The minimum Gasteiger partial charge on any atom is -0.497 e. The lowest BCUT2D eigenvalue weighted by Crippen LogP contribution is -2.38. The molecule has 2 rings (SSSR count). The molecule has 0 fully saturated rings. The van der Waals surface area contributed by atoms with Crippen LogP contribution in [0.2, 0.25) is 0 Å². The maximum atomic E-state index is 12.1. The summed E-state index contributed by atoms with van der Waals surface area (Å²) in [4.78, 5) is 12.1. The van der Waals surface area contributed by atoms with Gasteiger partial charge in [-0.15, -0.1) is 0 Å². The van der Waals surface area contributed by atoms with Crippen molar-refractivity contribution in [3.8, 4) is 17.2 Å². The number of nitrogens with two attached hydrogens (primary N) is 1. The molecule has 0 aliphatic carbocycles. The maximum Gasteiger partial charge on any atom is 0.243 e. The fourth-order valence-electron chi connectivity index (χ4n) is 2.61. The summed E-state index contributed by atoms with van der Waals surface area (Å²) in [5, 5.41) is 11.8. The van der Waals surface area contributed by atoms with Gasteiger partial charge >= 0.3 is 0 Å². The van der Waals surface area contributed by atoms with Crippen LogP contribution in [0.15, 0.2) is 30.3 Å². The van der Waals surface area contributed by atoms with Gasteiger partial charge in [-0.1, -0.05) is 12.2 Å². The van der Waals surface area contributed by atoms with E-state index in [0.29, 0.717) is 11.4 Å². The molecule has 28 heavy (non-hydrogen) atoms. The maximum absolute atomic E-state index is 12.1. The smallest absolute Gasteiger partial charge is 0.243 e. The molecular formula is C21H26N2O5. The van der Waals surface area contributed by atoms with E-state index in [0.717, 1.165) is 28.2 Å². The summed E-state index contributed by atoms with van der Waals surface area (Å²) in [7, 11) is 4.76. The van der Waals surface area contributed by atoms with Gasteiger partial charge in [-0.2, -0.15) is 0 Å². The highest BCUT2D eigenvalue weighted by molar-refractivity contribution is 5.97. The first-order chi connectivity index (χ1) is 13.4. The van der Waals surface area contributed by atoms with Crippen LogP contribution in [0.4, 0.5) is 5.69 Å². The van der Waals surface area contributed by atoms with Crippen molar-refractivity contribution in [3.63, 3.8) is 0 Å². The van der Waals surface area contributed by atoms with Gasteiger partial charge in [0.2, 0.25) is 5.91 Å². The van der Waals surface area contributed by atoms with Crippen LogP contribution in [0, 0.1) is 6.92 Å². The van der Waals surface area contributed by atoms with Crippen molar-refractivity contribution in [1.82, 2.24) is 0 Å². The van der Waals surface area contributed by atoms with Crippen molar-refractivity contribution in [2.45, 2.75) is 13.0 Å². The van der Waals surface area contributed by atoms with E-state index in [1.54, 1.807) is 33.5 Å². The highest BCUT2D eigenvalue weighted by atomic mass is 16.5. The zero-order valence-corrected chi connectivity index (χ0v) is 16.5. The Labute approximate surface area is 164 Å². The molecule has 0 saturated carbocycles. The first-order valence-electron chi connectivity index (χ1n) is 8.69. The minimum atomic E-state index is -1.01. The first-order valence-corrected chi connectivity index (χ1v) is 8.69. The Balaban J connectivity index is 2.38. The summed E-state index contributed by atoms with van der Waals surface area (Å²) >= 11 is 0. The number of benzene rings is 2. The Morgan fingerprint density at radius 3 is 2.29 bits per heavy atom. The molecule has 0 bridgehead atoms. The summed E-state index contributed by atoms with van der Waals surface area (Å²) in [5.74, 6) is 1.54. The number of ether oxygens (including phenoxy) is 3. The van der Waals surface area contributed by atoms with Gasteiger partial charge in [0, 0.05) is 11.6 Å². The number of aliphatic hydroxyl groups is 1. The Morgan fingerprint density at radius 2 is 1.75 bits per heavy atom. The van der Waals surface area contributed by atoms with Gasteiger partial charge in [0.1, 0.15) is 23.3 Å². The molecule has 0 aromatic heterocycles. The van der Waals surface area contributed by atoms with Crippen LogP contribution in [-0.2, 0) is 4.79 Å². The van der Waals surface area contributed by atoms with Gasteiger partial charge in [0.05, 0.1) is 33.6 Å². The molecule has 7 heteroatoms. The molecule has 7 nitrogen and oxygen atoms in total. The summed E-state index contributed by atoms with van der Waals surface area (Å²) in [5.41, 5.74) is 8.65. The van der Waals surface area contributed by atoms with Crippen LogP contribution in [-0.4, -0.2) is 45.0 Å². The standard InChI is InChI=1S/C21H26N2O5/c1-13-19(27-3)9-14(10-20(13)28-4)5-6-15-7-8-16(26-2)11-18(15)23-21(25)17(22)12-24/h5-11,17,24H,12,22H2,1-4H3,(H,23,25)/b6-5-. The van der Waals surface area contributed by atoms with E-state index in [2.05, 4.69) is 5.32 Å². The second-order valence-corrected chi connectivity index (χ2v) is 6.12. The normalized spacial score (nSPS) is 11.9. The number of amides is 1. The Kier molecular flexibility index (Phi) is 7.43. The lowest BCUT2D eigenvalue weighted by atomic mass is 10.1. The van der Waals surface area contributed by atoms with E-state index in [9.17, 15) is 4.79 Å². The average molecular weight is 386 g/mol. The Bertz CT molecular complexity index is 839. The third-order valence-corrected chi connectivity index (χ3v) is 4.28. The number of hydrogen-bond acceptors (Lipinski definition) is 6. The van der Waals surface area contributed by atoms with Gasteiger partial charge in [-0.3, -0.25) is 4.79 Å². The van der Waals surface area contributed by atoms with Crippen LogP contribution >= 0.6 is 0 Å². The molecule has 2 aromatic rings. The molecule has 1 atom stereocenters. The summed E-state index contributed by atoms with van der Waals surface area (Å²) < 4.78 is 16.0. The molecule has 2 aromatic carbocycles. The van der Waals surface area contributed by atoms with Gasteiger partial charge in [-0.25, -0.2) is 0 Å². The van der Waals surface area contributed by atoms with Gasteiger partial charge in [-0.05, 0) is 42.3 Å². The van der Waals surface area contributed by atoms with Gasteiger partial charge in [0.15, 0.2) is 0 Å². The van der Waals surface area contributed by atoms with Crippen molar-refractivity contribution in [1.29, 1.82) is 0 Å². The molecule has 0 aliphatic heterocycles. The van der Waals surface area contributed by atoms with Gasteiger partial charge < -0.3 is 30.4 Å². The number of methoxy groups -OCH3 is 3. The van der Waals surface area contributed by atoms with Crippen LogP contribution in [0.25, 0.3) is 12.2 Å². The number of rotatable bonds is 8. The fraction of sp³-hybridized carbons (Fsp3) is 0.286. The molecule has 0 spiro atoms. The molecule has 0 aliphatic rings. The van der Waals surface area contributed by atoms with Crippen molar-refractivity contribution in [3.05, 3.63) is 47.0 Å². The Hall–Kier alpha value is -3.03. The highest BCUT2D eigenvalue weighted by Gasteiger charge is 2.14. The third-order valence-electron chi connectivity index (χ3n) is 4.28. The second-order valence-electron chi connectivity index (χ2n) is 6.12. The van der Waals surface area contributed by atoms with Crippen LogP contribution in [0.5, 0.6) is 17.2 Å². The second kappa shape index (κ2) is 9.77. The molecule has 1 unspecified atom stereocenters. The van der Waals surface area contributed by atoms with E-state index < -0.39 is 18.6 Å². The van der Waals surface area contributed by atoms with Crippen LogP contribution < -0.4 is 25.3 Å². The minimum absolute atomic E-state index is 0.441. The molecule has 4 N–H and O–H groups in total. The summed E-state index contributed by atoms with van der Waals surface area (Å²) in [6, 6.07) is 8.09. The van der Waals surface area contributed by atoms with E-state index in [1.807, 2.05) is 37.3 Å². The topological polar surface area (TPSA) is 103 Å². The predicted molar refractivity (Wildman–Crippen MR) is 110 cm³/mol. The largest absolute Gasteiger partial charge is 0.497 e. The number of anilines is 1. The van der Waals surface area contributed by atoms with E-state index in [-0.39, 0.29) is 0 Å². The van der Waals surface area contributed by atoms with Crippen molar-refractivity contribution >= 4 is 23.7 Å². The molecule has 1 amide bonds. The fourth-order valence-corrected chi connectivity index (χ4v) is 2.61. The van der Waals surface area contributed by atoms with Gasteiger partial charge in [0.25, 0.3) is 0 Å². The lowest BCUT2D eigenvalue weighted by Gasteiger charge is -2.13. The lowest BCUT2D eigenvalue weighted by molar-refractivity contribution is -0.118. The number of carbonyl (C=O) groups excluding carboxylic acids is 1. The summed E-state index contributed by atoms with van der Waals surface area (Å²) in [6.45, 7) is 1.48. The van der Waals surface area contributed by atoms with E-state index in [1.165, 1.54) is 0 Å². The SMILES string of the molecule is COc1ccc(/C=C\c2cc(OC)c(C)c(OC)c2)c(NC(=O)C(N)CO)c1. The number of aliphatic hydroxyl groups excluding tert-OH is 1. The molecule has 0 heterocycles. The highest BCUT2D eigenvalue weighted by Crippen LogP contribution is 2.31. The number of hydrogen-bond donors (Lipinski definition) is 3. The molecule has 0 radical (unpaired) electrons. The quantitative estimate of drug-likeness (QED) is 0.602. The monoisotopic (exact) mass is 386 g/mol. The van der Waals surface area contributed by atoms with Crippen LogP contribution in [0.1, 0.15) is 16.7 Å². The Morgan fingerprint density at radius 1 is 1.11 bits per heavy atom. The zero-order chi connectivity index (χ0) is 20.7. The number of nitrogens with one attached hydrogen (secondary N) is 1. The predicted octanol–water partition coefficient (Wildman–Crippen LogP) is 2.45. The number of carbonyl (C=O) groups is 1. The summed E-state index contributed by atoms with van der Waals surface area (Å²) in [6.07, 6.45) is 3.73. The average Bonchev–Trinajstić information content (AvgIpc) is 2.72. The first kappa shape index (κ1) is 21.3. The molecule has 0 saturated heterocycles. The van der Waals surface area contributed by atoms with Crippen molar-refractivity contribution in [2.24, 2.45) is 5.73 Å². The van der Waals surface area contributed by atoms with E-state index >= 15 is 0 Å². The van der Waals surface area contributed by atoms with Crippen molar-refractivity contribution in [2.75, 3.05) is 33.3 Å². The van der Waals surface area contributed by atoms with Crippen molar-refractivity contribution < 1.29 is 24.1 Å².